The fourth-order valence-corrected chi connectivity index (χ4v) is 1.49. The summed E-state index contributed by atoms with van der Waals surface area (Å²) < 4.78 is 6.07. The van der Waals surface area contributed by atoms with Crippen molar-refractivity contribution in [1.82, 2.24) is 0 Å². The number of halogens is 1. The highest BCUT2D eigenvalue weighted by Gasteiger charge is 2.53. The largest absolute Gasteiger partial charge is 0.360 e. The summed E-state index contributed by atoms with van der Waals surface area (Å²) in [6.45, 7) is 1.85. The molecule has 2 rings (SSSR count). The standard InChI is InChI=1S/C9H9BrO2/c1-6-9(11,12-6)7-2-4-8(10)5-3-7/h2-6,11H,1H3/t6?,9-/m1/s1. The Morgan fingerprint density at radius 1 is 1.42 bits per heavy atom. The Bertz CT molecular complexity index is 296. The minimum absolute atomic E-state index is 0.0846. The summed E-state index contributed by atoms with van der Waals surface area (Å²) >= 11 is 3.33. The summed E-state index contributed by atoms with van der Waals surface area (Å²) in [5.41, 5.74) is 0.818. The highest BCUT2D eigenvalue weighted by Crippen LogP contribution is 2.43. The SMILES string of the molecule is CC1O[C@@]1(O)c1ccc(Br)cc1. The maximum absolute atomic E-state index is 9.72. The Kier molecular flexibility index (Phi) is 1.75. The van der Waals surface area contributed by atoms with Crippen LogP contribution >= 0.6 is 15.9 Å². The van der Waals surface area contributed by atoms with Crippen LogP contribution in [-0.4, -0.2) is 11.2 Å². The van der Waals surface area contributed by atoms with E-state index in [2.05, 4.69) is 15.9 Å². The summed E-state index contributed by atoms with van der Waals surface area (Å²) in [5.74, 6) is -1.03. The lowest BCUT2D eigenvalue weighted by Gasteiger charge is -2.04. The smallest absolute Gasteiger partial charge is 0.219 e. The highest BCUT2D eigenvalue weighted by atomic mass is 79.9. The van der Waals surface area contributed by atoms with Gasteiger partial charge in [0, 0.05) is 10.0 Å². The first-order chi connectivity index (χ1) is 5.63. The van der Waals surface area contributed by atoms with Gasteiger partial charge in [-0.2, -0.15) is 0 Å². The molecule has 0 saturated carbocycles. The van der Waals surface area contributed by atoms with Gasteiger partial charge in [0.2, 0.25) is 5.79 Å². The second-order valence-corrected chi connectivity index (χ2v) is 3.88. The Balaban J connectivity index is 2.31. The van der Waals surface area contributed by atoms with E-state index in [0.717, 1.165) is 10.0 Å². The van der Waals surface area contributed by atoms with Gasteiger partial charge in [0.05, 0.1) is 0 Å². The van der Waals surface area contributed by atoms with Gasteiger partial charge in [-0.1, -0.05) is 28.1 Å². The van der Waals surface area contributed by atoms with Crippen LogP contribution in [0.15, 0.2) is 28.7 Å². The summed E-state index contributed by atoms with van der Waals surface area (Å²) in [7, 11) is 0. The molecule has 0 bridgehead atoms. The molecule has 1 fully saturated rings. The van der Waals surface area contributed by atoms with Gasteiger partial charge in [0.25, 0.3) is 0 Å². The predicted octanol–water partition coefficient (Wildman–Crippen LogP) is 2.01. The van der Waals surface area contributed by atoms with E-state index in [0.29, 0.717) is 0 Å². The maximum atomic E-state index is 9.72. The molecule has 0 spiro atoms. The Morgan fingerprint density at radius 3 is 2.33 bits per heavy atom. The van der Waals surface area contributed by atoms with Crippen LogP contribution in [0.2, 0.25) is 0 Å². The lowest BCUT2D eigenvalue weighted by Crippen LogP contribution is -2.09. The molecule has 64 valence electrons. The van der Waals surface area contributed by atoms with E-state index < -0.39 is 5.79 Å². The minimum atomic E-state index is -1.03. The summed E-state index contributed by atoms with van der Waals surface area (Å²) in [4.78, 5) is 0. The van der Waals surface area contributed by atoms with Gasteiger partial charge in [-0.15, -0.1) is 0 Å². The highest BCUT2D eigenvalue weighted by molar-refractivity contribution is 9.10. The molecule has 0 aliphatic carbocycles. The van der Waals surface area contributed by atoms with Crippen LogP contribution in [0.25, 0.3) is 0 Å². The van der Waals surface area contributed by atoms with Crippen molar-refractivity contribution in [1.29, 1.82) is 0 Å². The monoisotopic (exact) mass is 228 g/mol. The van der Waals surface area contributed by atoms with Crippen molar-refractivity contribution in [3.05, 3.63) is 34.3 Å². The first-order valence-corrected chi connectivity index (χ1v) is 4.58. The molecule has 3 heteroatoms. The third kappa shape index (κ3) is 1.18. The van der Waals surface area contributed by atoms with Crippen LogP contribution in [0.5, 0.6) is 0 Å². The third-order valence-corrected chi connectivity index (χ3v) is 2.64. The molecule has 1 aromatic rings. The van der Waals surface area contributed by atoms with E-state index in [-0.39, 0.29) is 6.10 Å². The second kappa shape index (κ2) is 2.55. The molecular weight excluding hydrogens is 220 g/mol. The normalized spacial score (nSPS) is 33.4. The lowest BCUT2D eigenvalue weighted by atomic mass is 10.1. The fraction of sp³-hybridized carbons (Fsp3) is 0.333. The molecule has 2 atom stereocenters. The van der Waals surface area contributed by atoms with Crippen LogP contribution in [0.4, 0.5) is 0 Å². The molecule has 0 radical (unpaired) electrons. The van der Waals surface area contributed by atoms with Crippen LogP contribution < -0.4 is 0 Å². The molecule has 1 saturated heterocycles. The summed E-state index contributed by atoms with van der Waals surface area (Å²) in [6, 6.07) is 7.49. The van der Waals surface area contributed by atoms with Crippen LogP contribution in [0.1, 0.15) is 12.5 Å². The van der Waals surface area contributed by atoms with Crippen molar-refractivity contribution >= 4 is 15.9 Å². The second-order valence-electron chi connectivity index (χ2n) is 2.96. The van der Waals surface area contributed by atoms with Gasteiger partial charge >= 0.3 is 0 Å². The van der Waals surface area contributed by atoms with E-state index in [9.17, 15) is 5.11 Å². The van der Waals surface area contributed by atoms with Crippen molar-refractivity contribution in [2.24, 2.45) is 0 Å². The van der Waals surface area contributed by atoms with Crippen molar-refractivity contribution < 1.29 is 9.84 Å². The van der Waals surface area contributed by atoms with E-state index in [1.165, 1.54) is 0 Å². The molecule has 1 unspecified atom stereocenters. The molecule has 1 N–H and O–H groups in total. The van der Waals surface area contributed by atoms with Crippen LogP contribution in [-0.2, 0) is 10.5 Å². The van der Waals surface area contributed by atoms with Gasteiger partial charge in [0.1, 0.15) is 6.10 Å². The average molecular weight is 229 g/mol. The fourth-order valence-electron chi connectivity index (χ4n) is 1.23. The van der Waals surface area contributed by atoms with Crippen molar-refractivity contribution in [2.45, 2.75) is 18.8 Å². The number of benzene rings is 1. The Labute approximate surface area is 79.3 Å². The van der Waals surface area contributed by atoms with Gasteiger partial charge in [-0.05, 0) is 19.1 Å². The molecule has 2 nitrogen and oxygen atoms in total. The zero-order valence-electron chi connectivity index (χ0n) is 6.62. The van der Waals surface area contributed by atoms with E-state index in [4.69, 9.17) is 4.74 Å². The number of ether oxygens (including phenoxy) is 1. The molecule has 12 heavy (non-hydrogen) atoms. The molecule has 1 heterocycles. The average Bonchev–Trinajstić information content (AvgIpc) is 2.62. The molecule has 1 aromatic carbocycles. The number of epoxide rings is 1. The van der Waals surface area contributed by atoms with Crippen molar-refractivity contribution in [3.8, 4) is 0 Å². The Hall–Kier alpha value is -0.380. The van der Waals surface area contributed by atoms with E-state index in [1.807, 2.05) is 31.2 Å². The molecule has 0 amide bonds. The summed E-state index contributed by atoms with van der Waals surface area (Å²) in [6.07, 6.45) is -0.0846. The molecule has 1 aliphatic heterocycles. The lowest BCUT2D eigenvalue weighted by molar-refractivity contribution is 0.0333. The van der Waals surface area contributed by atoms with Crippen LogP contribution in [0, 0.1) is 0 Å². The topological polar surface area (TPSA) is 32.8 Å². The zero-order valence-corrected chi connectivity index (χ0v) is 8.21. The quantitative estimate of drug-likeness (QED) is 0.747. The molecule has 0 aromatic heterocycles. The zero-order chi connectivity index (χ0) is 8.77. The minimum Gasteiger partial charge on any atom is -0.360 e. The number of aliphatic hydroxyl groups is 1. The van der Waals surface area contributed by atoms with Gasteiger partial charge in [0.15, 0.2) is 0 Å². The van der Waals surface area contributed by atoms with Crippen LogP contribution in [0.3, 0.4) is 0 Å². The van der Waals surface area contributed by atoms with Gasteiger partial charge in [-0.25, -0.2) is 0 Å². The van der Waals surface area contributed by atoms with Crippen molar-refractivity contribution in [2.75, 3.05) is 0 Å². The number of hydrogen-bond acceptors (Lipinski definition) is 2. The number of hydrogen-bond donors (Lipinski definition) is 1. The molecule has 1 aliphatic rings. The van der Waals surface area contributed by atoms with Crippen molar-refractivity contribution in [3.63, 3.8) is 0 Å². The first-order valence-electron chi connectivity index (χ1n) is 3.79. The van der Waals surface area contributed by atoms with Gasteiger partial charge in [-0.3, -0.25) is 0 Å². The van der Waals surface area contributed by atoms with E-state index >= 15 is 0 Å². The summed E-state index contributed by atoms with van der Waals surface area (Å²) in [5, 5.41) is 9.72. The Morgan fingerprint density at radius 2 is 1.92 bits per heavy atom. The third-order valence-electron chi connectivity index (χ3n) is 2.11. The predicted molar refractivity (Wildman–Crippen MR) is 48.6 cm³/mol. The van der Waals surface area contributed by atoms with Gasteiger partial charge < -0.3 is 9.84 Å². The first kappa shape index (κ1) is 8.23. The maximum Gasteiger partial charge on any atom is 0.219 e. The number of rotatable bonds is 1. The van der Waals surface area contributed by atoms with E-state index in [1.54, 1.807) is 0 Å². The molecular formula is C9H9BrO2.